The largest absolute Gasteiger partial charge is 0.491 e. The Morgan fingerprint density at radius 1 is 0.917 bits per heavy atom. The number of hydrogen-bond acceptors (Lipinski definition) is 2. The molecule has 0 saturated heterocycles. The number of hydrogen-bond donors (Lipinski definition) is 0. The third-order valence-electron chi connectivity index (χ3n) is 4.35. The fourth-order valence-corrected chi connectivity index (χ4v) is 2.20. The average Bonchev–Trinajstić information content (AvgIpc) is 2.54. The smallest absolute Gasteiger partial charge is 0.200 e. The SMILES string of the molecule is C=C(OCC)/C(F)=C(/F)C(=C)C(C)CCC(C)C(C)COC(C)C. The van der Waals surface area contributed by atoms with Crippen LogP contribution in [0.25, 0.3) is 0 Å². The molecule has 140 valence electrons. The summed E-state index contributed by atoms with van der Waals surface area (Å²) in [5.74, 6) is -1.58. The molecule has 0 heterocycles. The van der Waals surface area contributed by atoms with Gasteiger partial charge in [-0.05, 0) is 56.9 Å². The summed E-state index contributed by atoms with van der Waals surface area (Å²) in [4.78, 5) is 0. The van der Waals surface area contributed by atoms with E-state index in [0.29, 0.717) is 18.4 Å². The molecule has 3 unspecified atom stereocenters. The topological polar surface area (TPSA) is 18.5 Å². The van der Waals surface area contributed by atoms with Crippen LogP contribution < -0.4 is 0 Å². The molecule has 24 heavy (non-hydrogen) atoms. The van der Waals surface area contributed by atoms with E-state index in [2.05, 4.69) is 27.0 Å². The van der Waals surface area contributed by atoms with E-state index >= 15 is 0 Å². The van der Waals surface area contributed by atoms with Gasteiger partial charge >= 0.3 is 0 Å². The monoisotopic (exact) mass is 344 g/mol. The Morgan fingerprint density at radius 2 is 1.50 bits per heavy atom. The fourth-order valence-electron chi connectivity index (χ4n) is 2.20. The van der Waals surface area contributed by atoms with Crippen molar-refractivity contribution in [2.45, 2.75) is 60.5 Å². The van der Waals surface area contributed by atoms with Gasteiger partial charge in [0.05, 0.1) is 12.7 Å². The minimum absolute atomic E-state index is 0.147. The summed E-state index contributed by atoms with van der Waals surface area (Å²) in [5, 5.41) is 0. The van der Waals surface area contributed by atoms with Crippen LogP contribution in [0.5, 0.6) is 0 Å². The van der Waals surface area contributed by atoms with Gasteiger partial charge in [0.1, 0.15) is 0 Å². The molecule has 0 fully saturated rings. The van der Waals surface area contributed by atoms with Crippen molar-refractivity contribution in [2.24, 2.45) is 17.8 Å². The summed E-state index contributed by atoms with van der Waals surface area (Å²) in [6, 6.07) is 0. The lowest BCUT2D eigenvalue weighted by atomic mass is 9.87. The Labute approximate surface area is 146 Å². The third kappa shape index (κ3) is 8.09. The molecule has 0 aromatic rings. The van der Waals surface area contributed by atoms with Crippen LogP contribution in [0.2, 0.25) is 0 Å². The Balaban J connectivity index is 4.55. The molecular weight excluding hydrogens is 310 g/mol. The third-order valence-corrected chi connectivity index (χ3v) is 4.35. The highest BCUT2D eigenvalue weighted by molar-refractivity contribution is 5.33. The highest BCUT2D eigenvalue weighted by atomic mass is 19.2. The first kappa shape index (κ1) is 22.8. The predicted octanol–water partition coefficient (Wildman–Crippen LogP) is 6.36. The predicted molar refractivity (Wildman–Crippen MR) is 97.0 cm³/mol. The van der Waals surface area contributed by atoms with Crippen LogP contribution >= 0.6 is 0 Å². The second-order valence-electron chi connectivity index (χ2n) is 6.82. The quantitative estimate of drug-likeness (QED) is 0.303. The first-order valence-electron chi connectivity index (χ1n) is 8.79. The number of allylic oxidation sites excluding steroid dienone is 3. The first-order valence-corrected chi connectivity index (χ1v) is 8.79. The molecule has 4 heteroatoms. The minimum Gasteiger partial charge on any atom is -0.491 e. The normalized spacial score (nSPS) is 16.4. The molecule has 0 aliphatic heterocycles. The maximum Gasteiger partial charge on any atom is 0.200 e. The van der Waals surface area contributed by atoms with E-state index in [9.17, 15) is 8.78 Å². The van der Waals surface area contributed by atoms with Gasteiger partial charge in [0.25, 0.3) is 0 Å². The standard InChI is InChI=1S/C20H34F2O2/c1-9-23-18(8)20(22)19(21)17(7)15(5)11-10-14(4)16(6)12-24-13(2)3/h13-16H,7-12H2,1-6H3/b20-19-. The number of rotatable bonds is 12. The van der Waals surface area contributed by atoms with E-state index in [1.807, 2.05) is 20.8 Å². The van der Waals surface area contributed by atoms with E-state index in [1.165, 1.54) is 0 Å². The summed E-state index contributed by atoms with van der Waals surface area (Å²) < 4.78 is 38.6. The number of ether oxygens (including phenoxy) is 2. The zero-order valence-corrected chi connectivity index (χ0v) is 16.1. The lowest BCUT2D eigenvalue weighted by Gasteiger charge is -2.23. The Bertz CT molecular complexity index is 441. The highest BCUT2D eigenvalue weighted by Crippen LogP contribution is 2.31. The van der Waals surface area contributed by atoms with Crippen molar-refractivity contribution in [1.82, 2.24) is 0 Å². The van der Waals surface area contributed by atoms with E-state index in [4.69, 9.17) is 9.47 Å². The van der Waals surface area contributed by atoms with Gasteiger partial charge in [-0.2, -0.15) is 4.39 Å². The van der Waals surface area contributed by atoms with Crippen LogP contribution in [0, 0.1) is 17.8 Å². The second kappa shape index (κ2) is 11.4. The van der Waals surface area contributed by atoms with Crippen molar-refractivity contribution in [3.05, 3.63) is 36.1 Å². The van der Waals surface area contributed by atoms with Gasteiger partial charge in [0.2, 0.25) is 0 Å². The van der Waals surface area contributed by atoms with Crippen molar-refractivity contribution in [3.8, 4) is 0 Å². The molecule has 0 aromatic heterocycles. The van der Waals surface area contributed by atoms with Crippen LogP contribution in [0.1, 0.15) is 54.4 Å². The van der Waals surface area contributed by atoms with Crippen LogP contribution in [0.3, 0.4) is 0 Å². The van der Waals surface area contributed by atoms with Crippen molar-refractivity contribution in [2.75, 3.05) is 13.2 Å². The minimum atomic E-state index is -1.06. The van der Waals surface area contributed by atoms with Crippen LogP contribution in [0.4, 0.5) is 8.78 Å². The van der Waals surface area contributed by atoms with Gasteiger partial charge in [-0.25, -0.2) is 4.39 Å². The van der Waals surface area contributed by atoms with Crippen molar-refractivity contribution >= 4 is 0 Å². The Kier molecular flexibility index (Phi) is 10.9. The molecular formula is C20H34F2O2. The first-order chi connectivity index (χ1) is 11.1. The fraction of sp³-hybridized carbons (Fsp3) is 0.700. The molecule has 3 atom stereocenters. The molecule has 0 amide bonds. The Hall–Kier alpha value is -1.16. The summed E-state index contributed by atoms with van der Waals surface area (Å²) in [5.41, 5.74) is 0.159. The zero-order chi connectivity index (χ0) is 18.9. The van der Waals surface area contributed by atoms with Gasteiger partial charge in [0, 0.05) is 6.61 Å². The van der Waals surface area contributed by atoms with E-state index in [1.54, 1.807) is 6.92 Å². The van der Waals surface area contributed by atoms with Crippen molar-refractivity contribution < 1.29 is 18.3 Å². The molecule has 0 aromatic carbocycles. The highest BCUT2D eigenvalue weighted by Gasteiger charge is 2.20. The molecule has 0 N–H and O–H groups in total. The zero-order valence-electron chi connectivity index (χ0n) is 16.1. The van der Waals surface area contributed by atoms with Gasteiger partial charge in [-0.15, -0.1) is 0 Å². The van der Waals surface area contributed by atoms with Gasteiger partial charge in [-0.3, -0.25) is 0 Å². The van der Waals surface area contributed by atoms with Crippen LogP contribution in [-0.2, 0) is 9.47 Å². The number of halogens is 2. The molecule has 0 aliphatic rings. The summed E-state index contributed by atoms with van der Waals surface area (Å²) in [6.07, 6.45) is 1.87. The van der Waals surface area contributed by atoms with Gasteiger partial charge in [0.15, 0.2) is 17.4 Å². The molecule has 0 spiro atoms. The molecule has 0 bridgehead atoms. The second-order valence-corrected chi connectivity index (χ2v) is 6.82. The lowest BCUT2D eigenvalue weighted by Crippen LogP contribution is -2.18. The van der Waals surface area contributed by atoms with Gasteiger partial charge < -0.3 is 9.47 Å². The van der Waals surface area contributed by atoms with Crippen molar-refractivity contribution in [3.63, 3.8) is 0 Å². The van der Waals surface area contributed by atoms with E-state index in [-0.39, 0.29) is 30.0 Å². The maximum atomic E-state index is 14.2. The Morgan fingerprint density at radius 3 is 2.00 bits per heavy atom. The molecule has 0 radical (unpaired) electrons. The lowest BCUT2D eigenvalue weighted by molar-refractivity contribution is 0.0405. The van der Waals surface area contributed by atoms with Gasteiger partial charge in [-0.1, -0.05) is 33.9 Å². The molecule has 2 nitrogen and oxygen atoms in total. The molecule has 0 rings (SSSR count). The molecule has 0 aliphatic carbocycles. The van der Waals surface area contributed by atoms with Crippen molar-refractivity contribution in [1.29, 1.82) is 0 Å². The summed E-state index contributed by atoms with van der Waals surface area (Å²) in [7, 11) is 0. The summed E-state index contributed by atoms with van der Waals surface area (Å²) >= 11 is 0. The maximum absolute atomic E-state index is 14.2. The van der Waals surface area contributed by atoms with Crippen LogP contribution in [-0.4, -0.2) is 19.3 Å². The summed E-state index contributed by atoms with van der Waals surface area (Å²) in [6.45, 7) is 20.0. The van der Waals surface area contributed by atoms with Crippen LogP contribution in [0.15, 0.2) is 36.1 Å². The molecule has 0 saturated carbocycles. The van der Waals surface area contributed by atoms with E-state index in [0.717, 1.165) is 12.8 Å². The van der Waals surface area contributed by atoms with E-state index < -0.39 is 11.7 Å². The average molecular weight is 344 g/mol.